The highest BCUT2D eigenvalue weighted by atomic mass is 31.2. The molecule has 142 valence electrons. The Hall–Kier alpha value is -1.81. The largest absolute Gasteiger partial charge is 0.508 e. The quantitative estimate of drug-likeness (QED) is 0.650. The van der Waals surface area contributed by atoms with E-state index in [9.17, 15) is 14.6 Å². The van der Waals surface area contributed by atoms with Crippen molar-refractivity contribution in [3.63, 3.8) is 0 Å². The summed E-state index contributed by atoms with van der Waals surface area (Å²) in [6.07, 6.45) is 2.22. The summed E-state index contributed by atoms with van der Waals surface area (Å²) in [5, 5.41) is 9.95. The van der Waals surface area contributed by atoms with Crippen LogP contribution in [-0.4, -0.2) is 23.5 Å². The summed E-state index contributed by atoms with van der Waals surface area (Å²) in [6, 6.07) is 9.49. The molecule has 6 heteroatoms. The molecule has 0 heterocycles. The summed E-state index contributed by atoms with van der Waals surface area (Å²) in [7, 11) is -2.51. The van der Waals surface area contributed by atoms with Gasteiger partial charge in [0.1, 0.15) is 11.5 Å². The first-order chi connectivity index (χ1) is 12.3. The Labute approximate surface area is 155 Å². The Balaban J connectivity index is 2.20. The molecule has 0 aromatic heterocycles. The molecule has 1 atom stereocenters. The maximum absolute atomic E-state index is 11.5. The summed E-state index contributed by atoms with van der Waals surface area (Å²) >= 11 is 0. The second-order valence-electron chi connectivity index (χ2n) is 6.52. The minimum absolute atomic E-state index is 0.347. The zero-order valence-electron chi connectivity index (χ0n) is 15.8. The van der Waals surface area contributed by atoms with E-state index in [0.29, 0.717) is 11.5 Å². The van der Waals surface area contributed by atoms with Crippen molar-refractivity contribution in [3.05, 3.63) is 58.1 Å². The van der Waals surface area contributed by atoms with Crippen molar-refractivity contribution >= 4 is 7.60 Å². The van der Waals surface area contributed by atoms with Crippen molar-refractivity contribution < 1.29 is 23.8 Å². The van der Waals surface area contributed by atoms with Crippen LogP contribution in [0.4, 0.5) is 0 Å². The zero-order valence-corrected chi connectivity index (χ0v) is 16.7. The van der Waals surface area contributed by atoms with E-state index in [0.717, 1.165) is 41.5 Å². The number of aryl methyl sites for hydroxylation is 3. The van der Waals surface area contributed by atoms with Crippen LogP contribution in [0.1, 0.15) is 41.2 Å². The Kier molecular flexibility index (Phi) is 6.87. The van der Waals surface area contributed by atoms with Gasteiger partial charge in [-0.3, -0.25) is 4.57 Å². The van der Waals surface area contributed by atoms with Crippen LogP contribution in [0.15, 0.2) is 30.3 Å². The Bertz CT molecular complexity index is 793. The molecule has 0 radical (unpaired) electrons. The Morgan fingerprint density at radius 2 is 1.77 bits per heavy atom. The van der Waals surface area contributed by atoms with E-state index in [4.69, 9.17) is 4.74 Å². The monoisotopic (exact) mass is 378 g/mol. The van der Waals surface area contributed by atoms with E-state index in [2.05, 4.69) is 17.5 Å². The normalized spacial score (nSPS) is 13.4. The lowest BCUT2D eigenvalue weighted by molar-refractivity contribution is 0.268. The standard InChI is InChI=1S/C20H27O5P/c1-5-6-17-11-16(7-8-20(17)21)12-19-14(2)9-18(10-15(19)3)25-13-26(22,23)24-4/h7-11,21H,5-6,12-13H2,1-4H3,(H,22,23). The summed E-state index contributed by atoms with van der Waals surface area (Å²) in [5.74, 6) is 0.895. The van der Waals surface area contributed by atoms with Crippen molar-refractivity contribution in [2.75, 3.05) is 13.5 Å². The number of benzene rings is 2. The van der Waals surface area contributed by atoms with Gasteiger partial charge in [-0.1, -0.05) is 25.5 Å². The van der Waals surface area contributed by atoms with Gasteiger partial charge in [-0.25, -0.2) is 0 Å². The zero-order chi connectivity index (χ0) is 19.3. The molecule has 0 aliphatic carbocycles. The molecule has 26 heavy (non-hydrogen) atoms. The molecule has 0 fully saturated rings. The van der Waals surface area contributed by atoms with Crippen molar-refractivity contribution in [2.24, 2.45) is 0 Å². The van der Waals surface area contributed by atoms with Crippen molar-refractivity contribution in [1.29, 1.82) is 0 Å². The Morgan fingerprint density at radius 3 is 2.35 bits per heavy atom. The average molecular weight is 378 g/mol. The summed E-state index contributed by atoms with van der Waals surface area (Å²) in [6.45, 7) is 6.09. The van der Waals surface area contributed by atoms with Crippen LogP contribution in [-0.2, 0) is 21.9 Å². The molecule has 2 rings (SSSR count). The summed E-state index contributed by atoms with van der Waals surface area (Å²) in [4.78, 5) is 9.45. The third-order valence-corrected chi connectivity index (χ3v) is 5.42. The fraction of sp³-hybridized carbons (Fsp3) is 0.400. The van der Waals surface area contributed by atoms with E-state index in [1.54, 1.807) is 6.07 Å². The van der Waals surface area contributed by atoms with Gasteiger partial charge < -0.3 is 19.3 Å². The van der Waals surface area contributed by atoms with E-state index >= 15 is 0 Å². The van der Waals surface area contributed by atoms with Crippen LogP contribution in [0.2, 0.25) is 0 Å². The van der Waals surface area contributed by atoms with E-state index in [-0.39, 0.29) is 6.35 Å². The highest BCUT2D eigenvalue weighted by Gasteiger charge is 2.18. The number of ether oxygens (including phenoxy) is 1. The molecule has 0 aliphatic rings. The highest BCUT2D eigenvalue weighted by molar-refractivity contribution is 7.52. The van der Waals surface area contributed by atoms with Gasteiger partial charge in [0.15, 0.2) is 6.35 Å². The van der Waals surface area contributed by atoms with Crippen LogP contribution in [0.3, 0.4) is 0 Å². The van der Waals surface area contributed by atoms with Crippen LogP contribution in [0, 0.1) is 13.8 Å². The van der Waals surface area contributed by atoms with Crippen molar-refractivity contribution in [1.82, 2.24) is 0 Å². The topological polar surface area (TPSA) is 76.0 Å². The lowest BCUT2D eigenvalue weighted by atomic mass is 9.94. The van der Waals surface area contributed by atoms with Gasteiger partial charge in [0.05, 0.1) is 0 Å². The number of phenolic OH excluding ortho intramolecular Hbond substituents is 1. The third-order valence-electron chi connectivity index (χ3n) is 4.39. The summed E-state index contributed by atoms with van der Waals surface area (Å²) in [5.41, 5.74) is 5.40. The molecule has 2 aromatic carbocycles. The molecule has 2 aromatic rings. The number of aromatic hydroxyl groups is 1. The number of hydrogen-bond donors (Lipinski definition) is 2. The van der Waals surface area contributed by atoms with Gasteiger partial charge in [-0.2, -0.15) is 0 Å². The van der Waals surface area contributed by atoms with E-state index in [1.807, 2.05) is 32.0 Å². The lowest BCUT2D eigenvalue weighted by Gasteiger charge is -2.15. The van der Waals surface area contributed by atoms with E-state index < -0.39 is 7.60 Å². The maximum Gasteiger partial charge on any atom is 0.364 e. The van der Waals surface area contributed by atoms with Gasteiger partial charge in [-0.05, 0) is 72.7 Å². The second kappa shape index (κ2) is 8.72. The van der Waals surface area contributed by atoms with Crippen LogP contribution in [0.25, 0.3) is 0 Å². The molecule has 5 nitrogen and oxygen atoms in total. The van der Waals surface area contributed by atoms with Gasteiger partial charge in [0.2, 0.25) is 0 Å². The van der Waals surface area contributed by atoms with Crippen molar-refractivity contribution in [3.8, 4) is 11.5 Å². The van der Waals surface area contributed by atoms with Gasteiger partial charge in [0.25, 0.3) is 0 Å². The van der Waals surface area contributed by atoms with Gasteiger partial charge in [0, 0.05) is 7.11 Å². The first-order valence-electron chi connectivity index (χ1n) is 8.67. The lowest BCUT2D eigenvalue weighted by Crippen LogP contribution is -2.03. The molecule has 0 aliphatic heterocycles. The molecule has 1 unspecified atom stereocenters. The Morgan fingerprint density at radius 1 is 1.12 bits per heavy atom. The first kappa shape index (κ1) is 20.5. The first-order valence-corrected chi connectivity index (χ1v) is 10.4. The average Bonchev–Trinajstić information content (AvgIpc) is 2.59. The number of phenols is 1. The molecule has 2 N–H and O–H groups in total. The minimum atomic E-state index is -3.70. The third kappa shape index (κ3) is 5.34. The predicted octanol–water partition coefficient (Wildman–Crippen LogP) is 4.72. The SMILES string of the molecule is CCCc1cc(Cc2c(C)cc(OCP(=O)(O)OC)cc2C)ccc1O. The smallest absolute Gasteiger partial charge is 0.364 e. The van der Waals surface area contributed by atoms with Gasteiger partial charge in [-0.15, -0.1) is 0 Å². The maximum atomic E-state index is 11.5. The molecule has 0 spiro atoms. The fourth-order valence-corrected chi connectivity index (χ4v) is 3.36. The van der Waals surface area contributed by atoms with Crippen LogP contribution >= 0.6 is 7.60 Å². The van der Waals surface area contributed by atoms with Crippen LogP contribution in [0.5, 0.6) is 11.5 Å². The van der Waals surface area contributed by atoms with E-state index in [1.165, 1.54) is 12.7 Å². The fourth-order valence-electron chi connectivity index (χ4n) is 2.95. The van der Waals surface area contributed by atoms with Crippen molar-refractivity contribution in [2.45, 2.75) is 40.0 Å². The number of rotatable bonds is 8. The van der Waals surface area contributed by atoms with Crippen LogP contribution < -0.4 is 4.74 Å². The molecule has 0 saturated heterocycles. The number of hydrogen-bond acceptors (Lipinski definition) is 4. The summed E-state index contributed by atoms with van der Waals surface area (Å²) < 4.78 is 21.5. The molecule has 0 amide bonds. The van der Waals surface area contributed by atoms with Gasteiger partial charge >= 0.3 is 7.60 Å². The molecular weight excluding hydrogens is 351 g/mol. The highest BCUT2D eigenvalue weighted by Crippen LogP contribution is 2.40. The predicted molar refractivity (Wildman–Crippen MR) is 103 cm³/mol. The molecule has 0 bridgehead atoms. The molecular formula is C20H27O5P. The minimum Gasteiger partial charge on any atom is -0.508 e. The second-order valence-corrected chi connectivity index (χ2v) is 8.42. The molecule has 0 saturated carbocycles.